The summed E-state index contributed by atoms with van der Waals surface area (Å²) in [5, 5.41) is 18.9. The van der Waals surface area contributed by atoms with Crippen LogP contribution in [-0.4, -0.2) is 95.6 Å². The number of nitrogens with one attached hydrogen (secondary N) is 3. The first kappa shape index (κ1) is 38.1. The van der Waals surface area contributed by atoms with E-state index < -0.39 is 59.5 Å². The Kier molecular flexibility index (Phi) is 14.9. The fourth-order valence-corrected chi connectivity index (χ4v) is 5.80. The van der Waals surface area contributed by atoms with E-state index >= 15 is 0 Å². The highest BCUT2D eigenvalue weighted by Crippen LogP contribution is 2.29. The molecule has 1 unspecified atom stereocenters. The van der Waals surface area contributed by atoms with Crippen LogP contribution in [0, 0.1) is 5.92 Å². The number of hydrogen-bond donors (Lipinski definition) is 4. The van der Waals surface area contributed by atoms with Gasteiger partial charge < -0.3 is 40.2 Å². The SMILES string of the molecule is COC(=O)C(O)[C@H](CCCCNC(=O)OC(C)(C)C)NC(=O)[C@@H]1CCCN1C(=O)[C@@H](CC1CCCCC1)NC(=O)OC(C)(C)C. The zero-order valence-corrected chi connectivity index (χ0v) is 28.2. The molecule has 0 spiro atoms. The van der Waals surface area contributed by atoms with Crippen molar-refractivity contribution < 1.29 is 43.3 Å². The fraction of sp³-hybridized carbons (Fsp3) is 0.844. The molecule has 0 aromatic heterocycles. The Bertz CT molecular complexity index is 1000. The number of ether oxygens (including phenoxy) is 3. The van der Waals surface area contributed by atoms with Crippen molar-refractivity contribution in [3.05, 3.63) is 0 Å². The predicted octanol–water partition coefficient (Wildman–Crippen LogP) is 3.55. The van der Waals surface area contributed by atoms with E-state index in [9.17, 15) is 29.1 Å². The van der Waals surface area contributed by atoms with Crippen LogP contribution in [-0.2, 0) is 28.6 Å². The van der Waals surface area contributed by atoms with Gasteiger partial charge in [0.05, 0.1) is 13.2 Å². The molecule has 1 saturated carbocycles. The molecule has 4 atom stereocenters. The van der Waals surface area contributed by atoms with Gasteiger partial charge in [-0.05, 0) is 86.0 Å². The summed E-state index contributed by atoms with van der Waals surface area (Å²) in [7, 11) is 1.15. The van der Waals surface area contributed by atoms with E-state index in [-0.39, 0.29) is 18.2 Å². The summed E-state index contributed by atoms with van der Waals surface area (Å²) in [5.41, 5.74) is -1.36. The molecule has 0 radical (unpaired) electrons. The van der Waals surface area contributed by atoms with Crippen molar-refractivity contribution in [3.8, 4) is 0 Å². The van der Waals surface area contributed by atoms with Crippen molar-refractivity contribution in [2.24, 2.45) is 5.92 Å². The van der Waals surface area contributed by atoms with Crippen molar-refractivity contribution in [1.29, 1.82) is 0 Å². The van der Waals surface area contributed by atoms with E-state index in [1.165, 1.54) is 4.90 Å². The van der Waals surface area contributed by atoms with Gasteiger partial charge >= 0.3 is 18.2 Å². The van der Waals surface area contributed by atoms with Gasteiger partial charge in [0.1, 0.15) is 23.3 Å². The van der Waals surface area contributed by atoms with E-state index in [2.05, 4.69) is 16.0 Å². The highest BCUT2D eigenvalue weighted by Gasteiger charge is 2.40. The molecule has 13 heteroatoms. The van der Waals surface area contributed by atoms with Gasteiger partial charge in [-0.3, -0.25) is 9.59 Å². The van der Waals surface area contributed by atoms with Gasteiger partial charge in [0, 0.05) is 13.1 Å². The monoisotopic (exact) mass is 640 g/mol. The molecule has 0 aromatic carbocycles. The summed E-state index contributed by atoms with van der Waals surface area (Å²) in [5.74, 6) is -1.45. The number of carbonyl (C=O) groups excluding carboxylic acids is 5. The Hall–Kier alpha value is -3.09. The van der Waals surface area contributed by atoms with E-state index in [1.54, 1.807) is 41.5 Å². The van der Waals surface area contributed by atoms with Gasteiger partial charge in [0.15, 0.2) is 6.10 Å². The van der Waals surface area contributed by atoms with Crippen LogP contribution in [0.25, 0.3) is 0 Å². The quantitative estimate of drug-likeness (QED) is 0.133. The Morgan fingerprint density at radius 2 is 1.47 bits per heavy atom. The molecule has 0 aromatic rings. The van der Waals surface area contributed by atoms with Crippen LogP contribution in [0.5, 0.6) is 0 Å². The van der Waals surface area contributed by atoms with Crippen molar-refractivity contribution in [3.63, 3.8) is 0 Å². The van der Waals surface area contributed by atoms with Crippen LogP contribution in [0.15, 0.2) is 0 Å². The summed E-state index contributed by atoms with van der Waals surface area (Å²) < 4.78 is 15.4. The first-order chi connectivity index (χ1) is 21.0. The maximum Gasteiger partial charge on any atom is 0.408 e. The second kappa shape index (κ2) is 17.6. The highest BCUT2D eigenvalue weighted by molar-refractivity contribution is 5.92. The second-order valence-corrected chi connectivity index (χ2v) is 14.1. The molecule has 1 saturated heterocycles. The molecule has 2 aliphatic rings. The number of methoxy groups -OCH3 is 1. The third-order valence-electron chi connectivity index (χ3n) is 7.88. The number of rotatable bonds is 13. The third-order valence-corrected chi connectivity index (χ3v) is 7.88. The molecule has 1 aliphatic heterocycles. The van der Waals surface area contributed by atoms with Crippen LogP contribution in [0.4, 0.5) is 9.59 Å². The molecule has 4 amide bonds. The molecule has 4 N–H and O–H groups in total. The summed E-state index contributed by atoms with van der Waals surface area (Å²) in [6.45, 7) is 11.2. The number of likely N-dealkylation sites (tertiary alicyclic amines) is 1. The number of unbranched alkanes of at least 4 members (excludes halogenated alkanes) is 1. The topological polar surface area (TPSA) is 173 Å². The molecule has 2 rings (SSSR count). The average Bonchev–Trinajstić information content (AvgIpc) is 3.43. The molecular weight excluding hydrogens is 584 g/mol. The normalized spacial score (nSPS) is 19.6. The second-order valence-electron chi connectivity index (χ2n) is 14.1. The fourth-order valence-electron chi connectivity index (χ4n) is 5.80. The number of hydrogen-bond acceptors (Lipinski definition) is 9. The Labute approximate surface area is 267 Å². The highest BCUT2D eigenvalue weighted by atomic mass is 16.6. The number of aliphatic hydroxyl groups excluding tert-OH is 1. The standard InChI is InChI=1S/C32H56N4O9/c1-31(2,3)44-29(41)33-18-12-11-16-22(25(37)28(40)43-7)34-26(38)24-17-13-19-36(24)27(39)23(20-21-14-9-8-10-15-21)35-30(42)45-32(4,5)6/h21-25,37H,8-20H2,1-7H3,(H,33,41)(H,34,38)(H,35,42)/t22-,23+,24-,25?/m0/s1. The number of esters is 1. The maximum absolute atomic E-state index is 13.9. The number of alkyl carbamates (subject to hydrolysis) is 2. The lowest BCUT2D eigenvalue weighted by atomic mass is 9.84. The minimum atomic E-state index is -1.61. The Balaban J connectivity index is 2.08. The maximum atomic E-state index is 13.9. The zero-order valence-electron chi connectivity index (χ0n) is 28.2. The van der Waals surface area contributed by atoms with Crippen molar-refractivity contribution in [2.45, 2.75) is 148 Å². The van der Waals surface area contributed by atoms with Gasteiger partial charge in [0.2, 0.25) is 11.8 Å². The smallest absolute Gasteiger partial charge is 0.408 e. The van der Waals surface area contributed by atoms with Crippen molar-refractivity contribution in [1.82, 2.24) is 20.9 Å². The summed E-state index contributed by atoms with van der Waals surface area (Å²) in [6, 6.07) is -2.64. The molecule has 2 fully saturated rings. The summed E-state index contributed by atoms with van der Waals surface area (Å²) >= 11 is 0. The lowest BCUT2D eigenvalue weighted by Crippen LogP contribution is -2.57. The van der Waals surface area contributed by atoms with Crippen LogP contribution in [0.3, 0.4) is 0 Å². The van der Waals surface area contributed by atoms with Crippen LogP contribution in [0.2, 0.25) is 0 Å². The van der Waals surface area contributed by atoms with Crippen LogP contribution < -0.4 is 16.0 Å². The number of nitrogens with zero attached hydrogens (tertiary/aromatic N) is 1. The molecule has 1 aliphatic carbocycles. The Morgan fingerprint density at radius 3 is 2.07 bits per heavy atom. The van der Waals surface area contributed by atoms with Crippen molar-refractivity contribution in [2.75, 3.05) is 20.2 Å². The minimum Gasteiger partial charge on any atom is -0.467 e. The van der Waals surface area contributed by atoms with E-state index in [4.69, 9.17) is 14.2 Å². The number of aliphatic hydroxyl groups is 1. The molecule has 13 nitrogen and oxygen atoms in total. The van der Waals surface area contributed by atoms with Gasteiger partial charge in [-0.15, -0.1) is 0 Å². The predicted molar refractivity (Wildman–Crippen MR) is 167 cm³/mol. The van der Waals surface area contributed by atoms with Gasteiger partial charge in [-0.25, -0.2) is 14.4 Å². The third kappa shape index (κ3) is 13.8. The first-order valence-corrected chi connectivity index (χ1v) is 16.3. The van der Waals surface area contributed by atoms with Gasteiger partial charge in [-0.2, -0.15) is 0 Å². The Morgan fingerprint density at radius 1 is 0.844 bits per heavy atom. The van der Waals surface area contributed by atoms with Gasteiger partial charge in [-0.1, -0.05) is 32.1 Å². The first-order valence-electron chi connectivity index (χ1n) is 16.3. The summed E-state index contributed by atoms with van der Waals surface area (Å²) in [4.78, 5) is 65.8. The lowest BCUT2D eigenvalue weighted by molar-refractivity contribution is -0.153. The van der Waals surface area contributed by atoms with E-state index in [0.717, 1.165) is 39.2 Å². The average molecular weight is 641 g/mol. The largest absolute Gasteiger partial charge is 0.467 e. The van der Waals surface area contributed by atoms with E-state index in [0.29, 0.717) is 45.2 Å². The number of amides is 4. The van der Waals surface area contributed by atoms with Crippen LogP contribution in [0.1, 0.15) is 112 Å². The lowest BCUT2D eigenvalue weighted by Gasteiger charge is -2.33. The molecule has 0 bridgehead atoms. The molecule has 1 heterocycles. The van der Waals surface area contributed by atoms with Crippen molar-refractivity contribution >= 4 is 30.0 Å². The zero-order chi connectivity index (χ0) is 33.8. The van der Waals surface area contributed by atoms with Crippen LogP contribution >= 0.6 is 0 Å². The molecular formula is C32H56N4O9. The van der Waals surface area contributed by atoms with E-state index in [1.807, 2.05) is 0 Å². The van der Waals surface area contributed by atoms with Gasteiger partial charge in [0.25, 0.3) is 0 Å². The molecule has 45 heavy (non-hydrogen) atoms. The number of carbonyl (C=O) groups is 5. The molecule has 258 valence electrons. The minimum absolute atomic E-state index is 0.225. The summed E-state index contributed by atoms with van der Waals surface area (Å²) in [6.07, 6.45) is 5.07.